The van der Waals surface area contributed by atoms with Crippen molar-refractivity contribution in [2.75, 3.05) is 0 Å². The van der Waals surface area contributed by atoms with E-state index in [4.69, 9.17) is 0 Å². The minimum absolute atomic E-state index is 0.147. The van der Waals surface area contributed by atoms with Crippen LogP contribution in [-0.4, -0.2) is 11.6 Å². The summed E-state index contributed by atoms with van der Waals surface area (Å²) in [5, 5.41) is 4.09. The lowest BCUT2D eigenvalue weighted by molar-refractivity contribution is -0.684. The second-order valence-corrected chi connectivity index (χ2v) is 4.15. The van der Waals surface area contributed by atoms with Gasteiger partial charge in [0.1, 0.15) is 0 Å². The summed E-state index contributed by atoms with van der Waals surface area (Å²) in [5.74, 6) is -0.147. The molecule has 0 saturated carbocycles. The van der Waals surface area contributed by atoms with Crippen molar-refractivity contribution in [2.45, 2.75) is 13.5 Å². The zero-order chi connectivity index (χ0) is 13.5. The van der Waals surface area contributed by atoms with E-state index in [1.165, 1.54) is 0 Å². The van der Waals surface area contributed by atoms with Gasteiger partial charge in [0, 0.05) is 12.1 Å². The van der Waals surface area contributed by atoms with E-state index in [2.05, 4.69) is 10.5 Å². The van der Waals surface area contributed by atoms with Gasteiger partial charge < -0.3 is 0 Å². The molecule has 0 aliphatic heterocycles. The molecule has 0 fully saturated rings. The first-order valence-corrected chi connectivity index (χ1v) is 6.08. The highest BCUT2D eigenvalue weighted by molar-refractivity contribution is 5.99. The topological polar surface area (TPSA) is 45.3 Å². The van der Waals surface area contributed by atoms with Crippen molar-refractivity contribution in [3.8, 4) is 0 Å². The maximum atomic E-state index is 11.7. The Bertz CT molecular complexity index is 564. The highest BCUT2D eigenvalue weighted by Gasteiger charge is 2.07. The number of benzene rings is 1. The third-order valence-electron chi connectivity index (χ3n) is 2.64. The number of aromatic nitrogens is 1. The summed E-state index contributed by atoms with van der Waals surface area (Å²) in [5.41, 5.74) is 4.34. The Balaban J connectivity index is 1.93. The molecule has 0 aliphatic rings. The van der Waals surface area contributed by atoms with Crippen molar-refractivity contribution in [2.24, 2.45) is 5.10 Å². The van der Waals surface area contributed by atoms with Gasteiger partial charge in [-0.25, -0.2) is 5.43 Å². The molecule has 0 bridgehead atoms. The van der Waals surface area contributed by atoms with Crippen LogP contribution in [-0.2, 0) is 11.3 Å². The number of carbonyl (C=O) groups is 1. The molecular weight excluding hydrogens is 238 g/mol. The highest BCUT2D eigenvalue weighted by Crippen LogP contribution is 1.99. The Labute approximate surface area is 112 Å². The quantitative estimate of drug-likeness (QED) is 0.502. The van der Waals surface area contributed by atoms with Crippen LogP contribution in [0.4, 0.5) is 0 Å². The number of hydrogen-bond acceptors (Lipinski definition) is 2. The van der Waals surface area contributed by atoms with E-state index in [9.17, 15) is 4.79 Å². The molecule has 1 heterocycles. The highest BCUT2D eigenvalue weighted by atomic mass is 16.2. The van der Waals surface area contributed by atoms with E-state index in [0.717, 1.165) is 11.3 Å². The SMILES string of the molecule is C/C(=N\NC(=O)C[n+]1ccccc1)c1ccccc1. The maximum Gasteiger partial charge on any atom is 0.305 e. The fourth-order valence-corrected chi connectivity index (χ4v) is 1.63. The first kappa shape index (κ1) is 13.0. The largest absolute Gasteiger partial charge is 0.305 e. The molecule has 2 aromatic rings. The zero-order valence-electron chi connectivity index (χ0n) is 10.8. The number of carbonyl (C=O) groups excluding carboxylic acids is 1. The summed E-state index contributed by atoms with van der Waals surface area (Å²) in [6, 6.07) is 15.4. The third-order valence-corrected chi connectivity index (χ3v) is 2.64. The van der Waals surface area contributed by atoms with Crippen molar-refractivity contribution in [3.05, 3.63) is 66.5 Å². The Morgan fingerprint density at radius 3 is 2.42 bits per heavy atom. The second kappa shape index (κ2) is 6.44. The van der Waals surface area contributed by atoms with Crippen LogP contribution in [0.5, 0.6) is 0 Å². The lowest BCUT2D eigenvalue weighted by Gasteiger charge is -2.01. The molecule has 1 amide bonds. The number of pyridine rings is 1. The van der Waals surface area contributed by atoms with Gasteiger partial charge in [0.25, 0.3) is 0 Å². The lowest BCUT2D eigenvalue weighted by Crippen LogP contribution is -2.41. The molecule has 1 aromatic carbocycles. The maximum absolute atomic E-state index is 11.7. The van der Waals surface area contributed by atoms with Gasteiger partial charge in [-0.2, -0.15) is 9.67 Å². The predicted octanol–water partition coefficient (Wildman–Crippen LogP) is 1.51. The van der Waals surface area contributed by atoms with Gasteiger partial charge in [-0.3, -0.25) is 4.79 Å². The van der Waals surface area contributed by atoms with Crippen LogP contribution in [0.2, 0.25) is 0 Å². The molecule has 4 heteroatoms. The van der Waals surface area contributed by atoms with Crippen LogP contribution in [0, 0.1) is 0 Å². The summed E-state index contributed by atoms with van der Waals surface area (Å²) in [7, 11) is 0. The smallest absolute Gasteiger partial charge is 0.266 e. The monoisotopic (exact) mass is 254 g/mol. The molecular formula is C15H16N3O+. The van der Waals surface area contributed by atoms with Crippen LogP contribution >= 0.6 is 0 Å². The molecule has 1 N–H and O–H groups in total. The fraction of sp³-hybridized carbons (Fsp3) is 0.133. The van der Waals surface area contributed by atoms with Crippen LogP contribution in [0.1, 0.15) is 12.5 Å². The minimum Gasteiger partial charge on any atom is -0.266 e. The second-order valence-electron chi connectivity index (χ2n) is 4.15. The molecule has 19 heavy (non-hydrogen) atoms. The van der Waals surface area contributed by atoms with Gasteiger partial charge in [0.05, 0.1) is 5.71 Å². The van der Waals surface area contributed by atoms with Crippen LogP contribution < -0.4 is 9.99 Å². The van der Waals surface area contributed by atoms with E-state index < -0.39 is 0 Å². The van der Waals surface area contributed by atoms with Crippen LogP contribution in [0.3, 0.4) is 0 Å². The number of hydrazone groups is 1. The molecule has 0 atom stereocenters. The van der Waals surface area contributed by atoms with E-state index in [1.807, 2.05) is 67.8 Å². The van der Waals surface area contributed by atoms with Crippen LogP contribution in [0.25, 0.3) is 0 Å². The Kier molecular flexibility index (Phi) is 4.39. The third kappa shape index (κ3) is 4.03. The minimum atomic E-state index is -0.147. The van der Waals surface area contributed by atoms with Crippen molar-refractivity contribution < 1.29 is 9.36 Å². The first-order valence-electron chi connectivity index (χ1n) is 6.08. The first-order chi connectivity index (χ1) is 9.25. The molecule has 0 saturated heterocycles. The molecule has 4 nitrogen and oxygen atoms in total. The molecule has 1 aromatic heterocycles. The van der Waals surface area contributed by atoms with E-state index in [0.29, 0.717) is 0 Å². The predicted molar refractivity (Wildman–Crippen MR) is 73.4 cm³/mol. The van der Waals surface area contributed by atoms with Gasteiger partial charge in [-0.1, -0.05) is 36.4 Å². The molecule has 2 rings (SSSR count). The number of rotatable bonds is 4. The van der Waals surface area contributed by atoms with Crippen LogP contribution in [0.15, 0.2) is 66.0 Å². The Morgan fingerprint density at radius 2 is 1.74 bits per heavy atom. The number of hydrogen-bond donors (Lipinski definition) is 1. The number of amides is 1. The lowest BCUT2D eigenvalue weighted by atomic mass is 10.1. The average Bonchev–Trinajstić information content (AvgIpc) is 2.47. The van der Waals surface area contributed by atoms with Gasteiger partial charge in [0.2, 0.25) is 6.54 Å². The number of nitrogens with one attached hydrogen (secondary N) is 1. The fourth-order valence-electron chi connectivity index (χ4n) is 1.63. The summed E-state index contributed by atoms with van der Waals surface area (Å²) >= 11 is 0. The molecule has 0 aliphatic carbocycles. The Hall–Kier alpha value is -2.49. The van der Waals surface area contributed by atoms with E-state index in [1.54, 1.807) is 4.57 Å². The van der Waals surface area contributed by atoms with Crippen molar-refractivity contribution >= 4 is 11.6 Å². The standard InChI is InChI=1S/C15H15N3O/c1-13(14-8-4-2-5-9-14)16-17-15(19)12-18-10-6-3-7-11-18/h2-11H,12H2,1H3/p+1/b16-13+. The average molecular weight is 254 g/mol. The van der Waals surface area contributed by atoms with Crippen molar-refractivity contribution in [3.63, 3.8) is 0 Å². The van der Waals surface area contributed by atoms with Gasteiger partial charge in [-0.05, 0) is 12.5 Å². The summed E-state index contributed by atoms with van der Waals surface area (Å²) < 4.78 is 1.79. The normalized spacial score (nSPS) is 11.1. The molecule has 0 unspecified atom stereocenters. The van der Waals surface area contributed by atoms with Crippen molar-refractivity contribution in [1.82, 2.24) is 5.43 Å². The summed E-state index contributed by atoms with van der Waals surface area (Å²) in [4.78, 5) is 11.7. The van der Waals surface area contributed by atoms with E-state index >= 15 is 0 Å². The van der Waals surface area contributed by atoms with Crippen molar-refractivity contribution in [1.29, 1.82) is 0 Å². The van der Waals surface area contributed by atoms with Gasteiger partial charge >= 0.3 is 5.91 Å². The molecule has 0 radical (unpaired) electrons. The molecule has 96 valence electrons. The van der Waals surface area contributed by atoms with E-state index in [-0.39, 0.29) is 12.5 Å². The molecule has 0 spiro atoms. The summed E-state index contributed by atoms with van der Waals surface area (Å²) in [6.07, 6.45) is 3.68. The zero-order valence-corrected chi connectivity index (χ0v) is 10.8. The summed E-state index contributed by atoms with van der Waals surface area (Å²) in [6.45, 7) is 2.12. The number of nitrogens with zero attached hydrogens (tertiary/aromatic N) is 2. The Morgan fingerprint density at radius 1 is 1.11 bits per heavy atom. The van der Waals surface area contributed by atoms with Gasteiger partial charge in [-0.15, -0.1) is 0 Å². The van der Waals surface area contributed by atoms with Gasteiger partial charge in [0.15, 0.2) is 12.4 Å².